The number of nitrogens with one attached hydrogen (secondary N) is 1. The Morgan fingerprint density at radius 3 is 2.50 bits per heavy atom. The van der Waals surface area contributed by atoms with Crippen LogP contribution in [0.1, 0.15) is 26.7 Å². The van der Waals surface area contributed by atoms with E-state index in [1.165, 1.54) is 16.1 Å². The predicted molar refractivity (Wildman–Crippen MR) is 69.0 cm³/mol. The molecule has 0 aromatic carbocycles. The van der Waals surface area contributed by atoms with Crippen molar-refractivity contribution in [3.05, 3.63) is 12.2 Å². The average Bonchev–Trinajstić information content (AvgIpc) is 2.13. The van der Waals surface area contributed by atoms with Crippen molar-refractivity contribution in [2.45, 2.75) is 32.7 Å². The van der Waals surface area contributed by atoms with Gasteiger partial charge in [-0.05, 0) is 26.7 Å². The quantitative estimate of drug-likeness (QED) is 0.657. The first-order valence-corrected chi connectivity index (χ1v) is 7.37. The molecule has 0 aromatic rings. The molecule has 0 saturated heterocycles. The van der Waals surface area contributed by atoms with E-state index in [2.05, 4.69) is 18.8 Å². The van der Waals surface area contributed by atoms with E-state index in [0.29, 0.717) is 19.1 Å². The van der Waals surface area contributed by atoms with Gasteiger partial charge in [-0.3, -0.25) is 0 Å². The highest BCUT2D eigenvalue weighted by Gasteiger charge is 2.10. The van der Waals surface area contributed by atoms with Gasteiger partial charge in [0.25, 0.3) is 0 Å². The molecule has 0 rings (SSSR count). The summed E-state index contributed by atoms with van der Waals surface area (Å²) >= 11 is 0. The minimum absolute atomic E-state index is 0.393. The molecule has 1 atom stereocenters. The maximum Gasteiger partial charge on any atom is 0.210 e. The summed E-state index contributed by atoms with van der Waals surface area (Å²) in [5.74, 6) is 0. The average molecular weight is 248 g/mol. The molecule has 0 aliphatic rings. The molecule has 5 heteroatoms. The van der Waals surface area contributed by atoms with Crippen molar-refractivity contribution >= 4 is 10.0 Å². The van der Waals surface area contributed by atoms with E-state index in [0.717, 1.165) is 12.8 Å². The van der Waals surface area contributed by atoms with Gasteiger partial charge in [-0.2, -0.15) is 0 Å². The van der Waals surface area contributed by atoms with Crippen molar-refractivity contribution in [1.29, 1.82) is 0 Å². The van der Waals surface area contributed by atoms with Gasteiger partial charge >= 0.3 is 0 Å². The van der Waals surface area contributed by atoms with E-state index >= 15 is 0 Å². The fraction of sp³-hybridized carbons (Fsp3) is 0.818. The second-order valence-corrected chi connectivity index (χ2v) is 6.52. The highest BCUT2D eigenvalue weighted by atomic mass is 32.2. The summed E-state index contributed by atoms with van der Waals surface area (Å²) in [5.41, 5.74) is 1.18. The lowest BCUT2D eigenvalue weighted by molar-refractivity contribution is 0.436. The molecule has 0 amide bonds. The van der Waals surface area contributed by atoms with E-state index in [4.69, 9.17) is 0 Å². The summed E-state index contributed by atoms with van der Waals surface area (Å²) in [4.78, 5) is 0. The van der Waals surface area contributed by atoms with Crippen molar-refractivity contribution in [2.75, 3.05) is 26.4 Å². The zero-order valence-electron chi connectivity index (χ0n) is 10.8. The Morgan fingerprint density at radius 2 is 2.06 bits per heavy atom. The van der Waals surface area contributed by atoms with Crippen LogP contribution in [-0.2, 0) is 10.0 Å². The van der Waals surface area contributed by atoms with Gasteiger partial charge in [0.1, 0.15) is 0 Å². The standard InChI is InChI=1S/C11H24N2O2S/c1-10(2)6-7-11(3)12-8-9-13(4)16(5,14)15/h11-12H,1,6-9H2,2-5H3. The van der Waals surface area contributed by atoms with Crippen molar-refractivity contribution in [3.8, 4) is 0 Å². The Kier molecular flexibility index (Phi) is 6.87. The third-order valence-electron chi connectivity index (χ3n) is 2.49. The van der Waals surface area contributed by atoms with Gasteiger partial charge in [0.2, 0.25) is 10.0 Å². The minimum Gasteiger partial charge on any atom is -0.313 e. The van der Waals surface area contributed by atoms with Crippen LogP contribution in [0.2, 0.25) is 0 Å². The van der Waals surface area contributed by atoms with E-state index in [1.807, 2.05) is 6.92 Å². The van der Waals surface area contributed by atoms with Gasteiger partial charge in [0.05, 0.1) is 6.26 Å². The topological polar surface area (TPSA) is 49.4 Å². The van der Waals surface area contributed by atoms with Crippen LogP contribution in [0.5, 0.6) is 0 Å². The lowest BCUT2D eigenvalue weighted by Gasteiger charge is -2.17. The molecule has 4 nitrogen and oxygen atoms in total. The fourth-order valence-electron chi connectivity index (χ4n) is 1.20. The lowest BCUT2D eigenvalue weighted by Crippen LogP contribution is -2.36. The maximum absolute atomic E-state index is 11.1. The monoisotopic (exact) mass is 248 g/mol. The SMILES string of the molecule is C=C(C)CCC(C)NCCN(C)S(C)(=O)=O. The first-order valence-electron chi connectivity index (χ1n) is 5.52. The summed E-state index contributed by atoms with van der Waals surface area (Å²) in [6.07, 6.45) is 3.27. The second-order valence-electron chi connectivity index (χ2n) is 4.44. The van der Waals surface area contributed by atoms with Gasteiger partial charge in [-0.1, -0.05) is 5.57 Å². The zero-order chi connectivity index (χ0) is 12.8. The van der Waals surface area contributed by atoms with Crippen LogP contribution in [0.15, 0.2) is 12.2 Å². The van der Waals surface area contributed by atoms with E-state index in [-0.39, 0.29) is 0 Å². The predicted octanol–water partition coefficient (Wildman–Crippen LogP) is 1.21. The number of nitrogens with zero attached hydrogens (tertiary/aromatic N) is 1. The lowest BCUT2D eigenvalue weighted by atomic mass is 10.1. The minimum atomic E-state index is -3.05. The molecular formula is C11H24N2O2S. The third kappa shape index (κ3) is 7.84. The van der Waals surface area contributed by atoms with Crippen LogP contribution in [0.3, 0.4) is 0 Å². The molecule has 0 aliphatic carbocycles. The Labute approximate surface area is 99.8 Å². The summed E-state index contributed by atoms with van der Waals surface area (Å²) in [5, 5.41) is 3.29. The highest BCUT2D eigenvalue weighted by Crippen LogP contribution is 2.03. The molecule has 0 heterocycles. The Bertz CT molecular complexity index is 312. The van der Waals surface area contributed by atoms with Crippen LogP contribution in [0.4, 0.5) is 0 Å². The molecule has 0 saturated carbocycles. The van der Waals surface area contributed by atoms with Crippen molar-refractivity contribution < 1.29 is 8.42 Å². The molecule has 1 unspecified atom stereocenters. The third-order valence-corrected chi connectivity index (χ3v) is 3.80. The van der Waals surface area contributed by atoms with Crippen LogP contribution in [0.25, 0.3) is 0 Å². The van der Waals surface area contributed by atoms with Gasteiger partial charge in [0, 0.05) is 26.2 Å². The number of hydrogen-bond donors (Lipinski definition) is 1. The number of likely N-dealkylation sites (N-methyl/N-ethyl adjacent to an activating group) is 1. The summed E-state index contributed by atoms with van der Waals surface area (Å²) in [6.45, 7) is 9.16. The van der Waals surface area contributed by atoms with Crippen LogP contribution in [-0.4, -0.2) is 45.2 Å². The van der Waals surface area contributed by atoms with Crippen molar-refractivity contribution in [1.82, 2.24) is 9.62 Å². The largest absolute Gasteiger partial charge is 0.313 e. The Balaban J connectivity index is 3.70. The van der Waals surface area contributed by atoms with Gasteiger partial charge < -0.3 is 5.32 Å². The molecule has 0 spiro atoms. The van der Waals surface area contributed by atoms with Crippen molar-refractivity contribution in [3.63, 3.8) is 0 Å². The Hall–Kier alpha value is -0.390. The number of rotatable bonds is 8. The first-order chi connectivity index (χ1) is 7.23. The first kappa shape index (κ1) is 15.6. The molecule has 0 aromatic heterocycles. The normalized spacial score (nSPS) is 14.1. The molecule has 0 aliphatic heterocycles. The Morgan fingerprint density at radius 1 is 1.50 bits per heavy atom. The van der Waals surface area contributed by atoms with Crippen molar-refractivity contribution in [2.24, 2.45) is 0 Å². The van der Waals surface area contributed by atoms with Gasteiger partial charge in [-0.15, -0.1) is 6.58 Å². The molecule has 0 radical (unpaired) electrons. The molecule has 96 valence electrons. The summed E-state index contributed by atoms with van der Waals surface area (Å²) < 4.78 is 23.6. The molecule has 0 bridgehead atoms. The van der Waals surface area contributed by atoms with Crippen LogP contribution in [0, 0.1) is 0 Å². The van der Waals surface area contributed by atoms with E-state index < -0.39 is 10.0 Å². The maximum atomic E-state index is 11.1. The molecular weight excluding hydrogens is 224 g/mol. The molecule has 1 N–H and O–H groups in total. The van der Waals surface area contributed by atoms with Gasteiger partial charge in [-0.25, -0.2) is 12.7 Å². The van der Waals surface area contributed by atoms with Crippen LogP contribution < -0.4 is 5.32 Å². The highest BCUT2D eigenvalue weighted by molar-refractivity contribution is 7.88. The number of sulfonamides is 1. The van der Waals surface area contributed by atoms with Crippen LogP contribution >= 0.6 is 0 Å². The van der Waals surface area contributed by atoms with E-state index in [9.17, 15) is 8.42 Å². The zero-order valence-corrected chi connectivity index (χ0v) is 11.6. The summed E-state index contributed by atoms with van der Waals surface area (Å²) in [6, 6.07) is 0.393. The number of hydrogen-bond acceptors (Lipinski definition) is 3. The second kappa shape index (κ2) is 7.04. The summed E-state index contributed by atoms with van der Waals surface area (Å²) in [7, 11) is -1.45. The smallest absolute Gasteiger partial charge is 0.210 e. The fourth-order valence-corrected chi connectivity index (χ4v) is 1.62. The van der Waals surface area contributed by atoms with Gasteiger partial charge in [0.15, 0.2) is 0 Å². The molecule has 0 fully saturated rings. The number of allylic oxidation sites excluding steroid dienone is 1. The molecule has 16 heavy (non-hydrogen) atoms. The van der Waals surface area contributed by atoms with E-state index in [1.54, 1.807) is 7.05 Å².